The van der Waals surface area contributed by atoms with Crippen molar-refractivity contribution in [3.63, 3.8) is 0 Å². The summed E-state index contributed by atoms with van der Waals surface area (Å²) in [7, 11) is 1.69. The summed E-state index contributed by atoms with van der Waals surface area (Å²) >= 11 is 0. The van der Waals surface area contributed by atoms with E-state index in [4.69, 9.17) is 24.1 Å². The van der Waals surface area contributed by atoms with Gasteiger partial charge in [0.2, 0.25) is 0 Å². The van der Waals surface area contributed by atoms with Gasteiger partial charge in [0.05, 0.1) is 18.6 Å². The van der Waals surface area contributed by atoms with Crippen molar-refractivity contribution in [1.82, 2.24) is 5.32 Å². The molecular formula is C23H39NO6. The van der Waals surface area contributed by atoms with Gasteiger partial charge in [-0.15, -0.1) is 0 Å². The fraction of sp³-hybridized carbons (Fsp3) is 0.870. The molecule has 30 heavy (non-hydrogen) atoms. The lowest BCUT2D eigenvalue weighted by Gasteiger charge is -2.42. The first-order valence-corrected chi connectivity index (χ1v) is 11.4. The Labute approximate surface area is 180 Å². The van der Waals surface area contributed by atoms with Crippen LogP contribution >= 0.6 is 0 Å². The normalized spacial score (nSPS) is 37.0. The first-order valence-electron chi connectivity index (χ1n) is 11.4. The summed E-state index contributed by atoms with van der Waals surface area (Å²) in [5.74, 6) is 0.0376. The predicted octanol–water partition coefficient (Wildman–Crippen LogP) is 3.34. The Hall–Kier alpha value is -1.15. The second kappa shape index (κ2) is 9.98. The highest BCUT2D eigenvalue weighted by atomic mass is 16.6. The Morgan fingerprint density at radius 3 is 2.63 bits per heavy atom. The molecule has 1 spiro atoms. The molecule has 1 aliphatic carbocycles. The quantitative estimate of drug-likeness (QED) is 0.300. The number of carbonyl (C=O) groups is 1. The SMILES string of the molecule is COC1C(OC(=O)NCCCCCCO)CC[C@]2(CO2)C1[C@]1(C)O[C@@H]1CC=C(C)C. The third-order valence-electron chi connectivity index (χ3n) is 6.85. The number of alkyl carbamates (subject to hydrolysis) is 1. The van der Waals surface area contributed by atoms with Crippen LogP contribution in [0.3, 0.4) is 0 Å². The van der Waals surface area contributed by atoms with Gasteiger partial charge in [-0.3, -0.25) is 0 Å². The van der Waals surface area contributed by atoms with Gasteiger partial charge in [0.25, 0.3) is 0 Å². The van der Waals surface area contributed by atoms with Crippen LogP contribution in [0.2, 0.25) is 0 Å². The van der Waals surface area contributed by atoms with E-state index in [1.807, 2.05) is 0 Å². The lowest BCUT2D eigenvalue weighted by Crippen LogP contribution is -2.56. The maximum absolute atomic E-state index is 12.4. The zero-order valence-electron chi connectivity index (χ0n) is 18.9. The molecule has 3 aliphatic rings. The Kier molecular flexibility index (Phi) is 7.82. The molecule has 3 unspecified atom stereocenters. The number of rotatable bonds is 11. The third kappa shape index (κ3) is 5.36. The zero-order valence-corrected chi connectivity index (χ0v) is 18.9. The van der Waals surface area contributed by atoms with Gasteiger partial charge in [-0.1, -0.05) is 24.5 Å². The molecule has 172 valence electrons. The molecule has 7 nitrogen and oxygen atoms in total. The summed E-state index contributed by atoms with van der Waals surface area (Å²) < 4.78 is 23.8. The molecule has 2 saturated heterocycles. The van der Waals surface area contributed by atoms with Crippen molar-refractivity contribution in [3.05, 3.63) is 11.6 Å². The van der Waals surface area contributed by atoms with Gasteiger partial charge in [0.1, 0.15) is 23.4 Å². The molecule has 3 fully saturated rings. The van der Waals surface area contributed by atoms with Crippen LogP contribution < -0.4 is 5.32 Å². The number of aliphatic hydroxyl groups excluding tert-OH is 1. The van der Waals surface area contributed by atoms with Crippen molar-refractivity contribution in [2.45, 2.75) is 95.2 Å². The van der Waals surface area contributed by atoms with Crippen LogP contribution in [0.1, 0.15) is 65.7 Å². The average molecular weight is 426 g/mol. The van der Waals surface area contributed by atoms with Gasteiger partial charge in [-0.25, -0.2) is 4.79 Å². The largest absolute Gasteiger partial charge is 0.443 e. The molecule has 3 rings (SSSR count). The number of amides is 1. The molecule has 0 radical (unpaired) electrons. The number of unbranched alkanes of at least 4 members (excludes halogenated alkanes) is 3. The van der Waals surface area contributed by atoms with Crippen LogP contribution in [0.4, 0.5) is 4.79 Å². The van der Waals surface area contributed by atoms with Crippen molar-refractivity contribution in [1.29, 1.82) is 0 Å². The molecule has 2 aliphatic heterocycles. The van der Waals surface area contributed by atoms with Crippen LogP contribution in [0.15, 0.2) is 11.6 Å². The summed E-state index contributed by atoms with van der Waals surface area (Å²) in [4.78, 5) is 12.4. The fourth-order valence-corrected chi connectivity index (χ4v) is 5.03. The van der Waals surface area contributed by atoms with E-state index in [0.29, 0.717) is 6.54 Å². The summed E-state index contributed by atoms with van der Waals surface area (Å²) in [6, 6.07) is 0. The monoisotopic (exact) mass is 425 g/mol. The molecule has 6 atom stereocenters. The highest BCUT2D eigenvalue weighted by molar-refractivity contribution is 5.67. The van der Waals surface area contributed by atoms with Crippen LogP contribution in [-0.2, 0) is 18.9 Å². The van der Waals surface area contributed by atoms with Gasteiger partial charge < -0.3 is 29.4 Å². The minimum absolute atomic E-state index is 0.0376. The lowest BCUT2D eigenvalue weighted by molar-refractivity contribution is -0.118. The first kappa shape index (κ1) is 23.5. The molecule has 0 aromatic carbocycles. The second-order valence-corrected chi connectivity index (χ2v) is 9.39. The number of carbonyl (C=O) groups excluding carboxylic acids is 1. The molecular weight excluding hydrogens is 386 g/mol. The van der Waals surface area contributed by atoms with Gasteiger partial charge >= 0.3 is 6.09 Å². The van der Waals surface area contributed by atoms with Crippen LogP contribution in [0.25, 0.3) is 0 Å². The van der Waals surface area contributed by atoms with E-state index in [2.05, 4.69) is 32.2 Å². The first-order chi connectivity index (χ1) is 14.4. The standard InChI is InChI=1S/C23H39NO6/c1-16(2)9-10-18-22(3,30-18)20-19(27-4)17(11-12-23(20)15-28-23)29-21(26)24-13-7-5-6-8-14-25/h9,17-20,25H,5-8,10-15H2,1-4H3,(H,24,26)/t17?,18-,19?,20?,22-,23+/m1/s1. The second-order valence-electron chi connectivity index (χ2n) is 9.39. The molecule has 1 saturated carbocycles. The minimum atomic E-state index is -0.390. The number of aliphatic hydroxyl groups is 1. The van der Waals surface area contributed by atoms with Crippen molar-refractivity contribution in [2.75, 3.05) is 26.9 Å². The van der Waals surface area contributed by atoms with Gasteiger partial charge in [0.15, 0.2) is 0 Å². The summed E-state index contributed by atoms with van der Waals surface area (Å²) in [5, 5.41) is 11.7. The number of epoxide rings is 2. The van der Waals surface area contributed by atoms with Crippen molar-refractivity contribution >= 4 is 6.09 Å². The third-order valence-corrected chi connectivity index (χ3v) is 6.85. The van der Waals surface area contributed by atoms with Crippen LogP contribution in [0, 0.1) is 5.92 Å². The van der Waals surface area contributed by atoms with Crippen LogP contribution in [0.5, 0.6) is 0 Å². The van der Waals surface area contributed by atoms with Crippen molar-refractivity contribution in [3.8, 4) is 0 Å². The molecule has 0 bridgehead atoms. The number of methoxy groups -OCH3 is 1. The number of ether oxygens (including phenoxy) is 4. The van der Waals surface area contributed by atoms with E-state index < -0.39 is 6.09 Å². The molecule has 2 N–H and O–H groups in total. The number of hydrogen-bond donors (Lipinski definition) is 2. The van der Waals surface area contributed by atoms with Crippen molar-refractivity contribution < 1.29 is 28.8 Å². The summed E-state index contributed by atoms with van der Waals surface area (Å²) in [5.41, 5.74) is 0.749. The van der Waals surface area contributed by atoms with E-state index in [0.717, 1.165) is 51.6 Å². The highest BCUT2D eigenvalue weighted by Crippen LogP contribution is 2.59. The Morgan fingerprint density at radius 1 is 1.27 bits per heavy atom. The topological polar surface area (TPSA) is 92.9 Å². The van der Waals surface area contributed by atoms with E-state index in [1.54, 1.807) is 7.11 Å². The Morgan fingerprint density at radius 2 is 2.00 bits per heavy atom. The van der Waals surface area contributed by atoms with E-state index >= 15 is 0 Å². The average Bonchev–Trinajstić information content (AvgIpc) is 3.62. The smallest absolute Gasteiger partial charge is 0.407 e. The number of hydrogen-bond acceptors (Lipinski definition) is 6. The zero-order chi connectivity index (χ0) is 21.8. The maximum atomic E-state index is 12.4. The molecule has 7 heteroatoms. The minimum Gasteiger partial charge on any atom is -0.443 e. The van der Waals surface area contributed by atoms with Gasteiger partial charge in [-0.2, -0.15) is 0 Å². The Bertz CT molecular complexity index is 615. The number of allylic oxidation sites excluding steroid dienone is 1. The summed E-state index contributed by atoms with van der Waals surface area (Å²) in [6.45, 7) is 7.86. The molecule has 0 aromatic heterocycles. The molecule has 2 heterocycles. The van der Waals surface area contributed by atoms with Gasteiger partial charge in [0, 0.05) is 20.3 Å². The van der Waals surface area contributed by atoms with E-state index in [-0.39, 0.29) is 42.0 Å². The van der Waals surface area contributed by atoms with E-state index in [1.165, 1.54) is 5.57 Å². The highest BCUT2D eigenvalue weighted by Gasteiger charge is 2.72. The lowest BCUT2D eigenvalue weighted by atomic mass is 9.68. The molecule has 1 amide bonds. The number of nitrogens with one attached hydrogen (secondary N) is 1. The van der Waals surface area contributed by atoms with E-state index in [9.17, 15) is 4.79 Å². The Balaban J connectivity index is 1.56. The predicted molar refractivity (Wildman–Crippen MR) is 113 cm³/mol. The fourth-order valence-electron chi connectivity index (χ4n) is 5.03. The van der Waals surface area contributed by atoms with Gasteiger partial charge in [-0.05, 0) is 52.9 Å². The maximum Gasteiger partial charge on any atom is 0.407 e. The van der Waals surface area contributed by atoms with Crippen molar-refractivity contribution in [2.24, 2.45) is 5.92 Å². The van der Waals surface area contributed by atoms with Crippen LogP contribution in [-0.4, -0.2) is 67.6 Å². The summed E-state index contributed by atoms with van der Waals surface area (Å²) in [6.07, 6.45) is 7.50. The molecule has 0 aromatic rings.